The normalized spacial score (nSPS) is 10.2. The molecule has 0 heterocycles. The highest BCUT2D eigenvalue weighted by atomic mass is 31.2. The van der Waals surface area contributed by atoms with Gasteiger partial charge in [0.15, 0.2) is 0 Å². The van der Waals surface area contributed by atoms with E-state index in [9.17, 15) is 4.79 Å². The number of hydrogen-bond acceptors (Lipinski definition) is 5. The van der Waals surface area contributed by atoms with Gasteiger partial charge in [-0.25, -0.2) is 0 Å². The first-order valence-corrected chi connectivity index (χ1v) is 9.55. The van der Waals surface area contributed by atoms with Crippen LogP contribution < -0.4 is 11.1 Å². The van der Waals surface area contributed by atoms with E-state index in [4.69, 9.17) is 9.79 Å². The van der Waals surface area contributed by atoms with E-state index in [1.54, 1.807) is 0 Å². The molecule has 138 valence electrons. The number of nitrogens with one attached hydrogen (secondary N) is 1. The first-order chi connectivity index (χ1) is 11.6. The third-order valence-electron chi connectivity index (χ3n) is 3.32. The van der Waals surface area contributed by atoms with E-state index in [-0.39, 0.29) is 18.9 Å². The van der Waals surface area contributed by atoms with Gasteiger partial charge < -0.3 is 25.4 Å². The second-order valence-corrected chi connectivity index (χ2v) is 6.01. The molecule has 1 aromatic carbocycles. The second kappa shape index (κ2) is 15.5. The molecule has 24 heavy (non-hydrogen) atoms. The molecule has 6 nitrogen and oxygen atoms in total. The standard InChI is InChI=1S/C16H26NO4P.CH5N/c1-2-3-4-5-6-8-14-9-7-10-15(13-14)17-16(18)11-12-21-22(19)20;1-2/h7,9-10,13,19-20H,2-6,8,11-12H2,1H3,(H,17,18);2H2,1H3. The van der Waals surface area contributed by atoms with Crippen molar-refractivity contribution in [2.45, 2.75) is 51.9 Å². The highest BCUT2D eigenvalue weighted by Gasteiger charge is 2.05. The fourth-order valence-electron chi connectivity index (χ4n) is 2.18. The van der Waals surface area contributed by atoms with Crippen molar-refractivity contribution in [1.29, 1.82) is 0 Å². The van der Waals surface area contributed by atoms with Crippen LogP contribution >= 0.6 is 8.60 Å². The molecule has 0 aliphatic heterocycles. The van der Waals surface area contributed by atoms with E-state index in [0.29, 0.717) is 0 Å². The van der Waals surface area contributed by atoms with Crippen LogP contribution in [0.4, 0.5) is 5.69 Å². The molecule has 7 heteroatoms. The zero-order chi connectivity index (χ0) is 18.2. The number of aryl methyl sites for hydroxylation is 1. The summed E-state index contributed by atoms with van der Waals surface area (Å²) in [6.45, 7) is 2.21. The Morgan fingerprint density at radius 3 is 2.58 bits per heavy atom. The van der Waals surface area contributed by atoms with Crippen LogP contribution in [-0.4, -0.2) is 29.3 Å². The molecule has 0 fully saturated rings. The van der Waals surface area contributed by atoms with Gasteiger partial charge in [-0.1, -0.05) is 44.7 Å². The van der Waals surface area contributed by atoms with E-state index in [1.807, 2.05) is 18.2 Å². The van der Waals surface area contributed by atoms with Crippen molar-refractivity contribution in [3.63, 3.8) is 0 Å². The molecule has 0 unspecified atom stereocenters. The number of nitrogens with two attached hydrogens (primary N) is 1. The lowest BCUT2D eigenvalue weighted by atomic mass is 10.1. The Morgan fingerprint density at radius 2 is 1.92 bits per heavy atom. The average Bonchev–Trinajstić information content (AvgIpc) is 2.56. The maximum atomic E-state index is 11.7. The van der Waals surface area contributed by atoms with Gasteiger partial charge in [0.25, 0.3) is 0 Å². The van der Waals surface area contributed by atoms with Crippen LogP contribution in [-0.2, 0) is 15.7 Å². The number of carbonyl (C=O) groups is 1. The first kappa shape index (κ1) is 23.0. The Labute approximate surface area is 146 Å². The predicted octanol–water partition coefficient (Wildman–Crippen LogP) is 3.33. The molecule has 1 rings (SSSR count). The van der Waals surface area contributed by atoms with Crippen molar-refractivity contribution in [1.82, 2.24) is 0 Å². The molecule has 0 bridgehead atoms. The van der Waals surface area contributed by atoms with E-state index < -0.39 is 8.60 Å². The van der Waals surface area contributed by atoms with Crippen LogP contribution in [0.1, 0.15) is 51.0 Å². The SMILES string of the molecule is CCCCCCCc1cccc(NC(=O)CCOP(O)O)c1.CN. The molecule has 0 aliphatic rings. The van der Waals surface area contributed by atoms with Crippen LogP contribution in [0, 0.1) is 0 Å². The number of amides is 1. The summed E-state index contributed by atoms with van der Waals surface area (Å²) in [7, 11) is -0.887. The number of rotatable bonds is 11. The number of hydrogen-bond donors (Lipinski definition) is 4. The van der Waals surface area contributed by atoms with Crippen molar-refractivity contribution in [2.75, 3.05) is 19.0 Å². The number of benzene rings is 1. The summed E-state index contributed by atoms with van der Waals surface area (Å²) in [5.41, 5.74) is 6.49. The lowest BCUT2D eigenvalue weighted by Crippen LogP contribution is -2.13. The zero-order valence-electron chi connectivity index (χ0n) is 14.7. The summed E-state index contributed by atoms with van der Waals surface area (Å²) in [6.07, 6.45) is 7.36. The topological polar surface area (TPSA) is 105 Å². The van der Waals surface area contributed by atoms with Crippen molar-refractivity contribution in [2.24, 2.45) is 5.73 Å². The van der Waals surface area contributed by atoms with Gasteiger partial charge in [-0.05, 0) is 37.6 Å². The summed E-state index contributed by atoms with van der Waals surface area (Å²) in [4.78, 5) is 28.9. The molecular weight excluding hydrogens is 327 g/mol. The smallest absolute Gasteiger partial charge is 0.327 e. The predicted molar refractivity (Wildman–Crippen MR) is 99.6 cm³/mol. The second-order valence-electron chi connectivity index (χ2n) is 5.25. The van der Waals surface area contributed by atoms with E-state index in [2.05, 4.69) is 28.6 Å². The Hall–Kier alpha value is -1.04. The molecule has 0 radical (unpaired) electrons. The van der Waals surface area contributed by atoms with Gasteiger partial charge in [-0.15, -0.1) is 0 Å². The Kier molecular flexibility index (Phi) is 14.8. The average molecular weight is 358 g/mol. The fraction of sp³-hybridized carbons (Fsp3) is 0.588. The van der Waals surface area contributed by atoms with Crippen molar-refractivity contribution >= 4 is 20.2 Å². The minimum absolute atomic E-state index is 0.00164. The molecule has 1 aromatic rings. The monoisotopic (exact) mass is 358 g/mol. The van der Waals surface area contributed by atoms with Crippen LogP contribution in [0.2, 0.25) is 0 Å². The Balaban J connectivity index is 0.00000254. The van der Waals surface area contributed by atoms with Crippen LogP contribution in [0.3, 0.4) is 0 Å². The summed E-state index contributed by atoms with van der Waals surface area (Å²) < 4.78 is 4.57. The molecule has 0 atom stereocenters. The molecule has 0 saturated heterocycles. The van der Waals surface area contributed by atoms with Gasteiger partial charge in [0.2, 0.25) is 5.91 Å². The minimum atomic E-state index is -2.39. The third kappa shape index (κ3) is 12.4. The lowest BCUT2D eigenvalue weighted by Gasteiger charge is -2.08. The highest BCUT2D eigenvalue weighted by Crippen LogP contribution is 2.24. The van der Waals surface area contributed by atoms with Gasteiger partial charge in [0.1, 0.15) is 0 Å². The third-order valence-corrected chi connectivity index (χ3v) is 3.73. The molecule has 0 aliphatic carbocycles. The first-order valence-electron chi connectivity index (χ1n) is 8.39. The molecule has 0 saturated carbocycles. The van der Waals surface area contributed by atoms with Crippen molar-refractivity contribution in [3.05, 3.63) is 29.8 Å². The maximum absolute atomic E-state index is 11.7. The van der Waals surface area contributed by atoms with Crippen LogP contribution in [0.5, 0.6) is 0 Å². The minimum Gasteiger partial charge on any atom is -0.333 e. The molecular formula is C17H31N2O4P. The number of anilines is 1. The molecule has 0 spiro atoms. The van der Waals surface area contributed by atoms with Gasteiger partial charge in [0.05, 0.1) is 13.0 Å². The molecule has 1 amide bonds. The van der Waals surface area contributed by atoms with E-state index in [0.717, 1.165) is 12.1 Å². The van der Waals surface area contributed by atoms with Crippen LogP contribution in [0.25, 0.3) is 0 Å². The molecule has 5 N–H and O–H groups in total. The zero-order valence-corrected chi connectivity index (χ0v) is 15.6. The van der Waals surface area contributed by atoms with E-state index in [1.165, 1.54) is 44.7 Å². The van der Waals surface area contributed by atoms with Gasteiger partial charge >= 0.3 is 8.60 Å². The van der Waals surface area contributed by atoms with Crippen molar-refractivity contribution in [3.8, 4) is 0 Å². The van der Waals surface area contributed by atoms with Crippen molar-refractivity contribution < 1.29 is 19.1 Å². The summed E-state index contributed by atoms with van der Waals surface area (Å²) in [6, 6.07) is 7.85. The quantitative estimate of drug-likeness (QED) is 0.359. The Morgan fingerprint density at radius 1 is 1.21 bits per heavy atom. The van der Waals surface area contributed by atoms with Gasteiger partial charge in [0, 0.05) is 5.69 Å². The van der Waals surface area contributed by atoms with E-state index >= 15 is 0 Å². The Bertz CT molecular complexity index is 444. The maximum Gasteiger partial charge on any atom is 0.327 e. The van der Waals surface area contributed by atoms with Gasteiger partial charge in [-0.2, -0.15) is 0 Å². The molecule has 0 aromatic heterocycles. The van der Waals surface area contributed by atoms with Gasteiger partial charge in [-0.3, -0.25) is 4.79 Å². The number of unbranched alkanes of at least 4 members (excludes halogenated alkanes) is 4. The summed E-state index contributed by atoms with van der Waals surface area (Å²) >= 11 is 0. The highest BCUT2D eigenvalue weighted by molar-refractivity contribution is 7.39. The lowest BCUT2D eigenvalue weighted by molar-refractivity contribution is -0.116. The van der Waals surface area contributed by atoms with Crippen LogP contribution in [0.15, 0.2) is 24.3 Å². The summed E-state index contributed by atoms with van der Waals surface area (Å²) in [5.74, 6) is -0.197. The fourth-order valence-corrected chi connectivity index (χ4v) is 2.44. The number of carbonyl (C=O) groups excluding carboxylic acids is 1. The summed E-state index contributed by atoms with van der Waals surface area (Å²) in [5, 5.41) is 2.79. The largest absolute Gasteiger partial charge is 0.333 e.